The van der Waals surface area contributed by atoms with Crippen molar-refractivity contribution >= 4 is 22.8 Å². The van der Waals surface area contributed by atoms with Gasteiger partial charge in [-0.25, -0.2) is 4.79 Å². The van der Waals surface area contributed by atoms with Crippen LogP contribution in [0.5, 0.6) is 5.75 Å². The first kappa shape index (κ1) is 17.9. The normalized spacial score (nSPS) is 17.8. The molecule has 3 rings (SSSR count). The fraction of sp³-hybridized carbons (Fsp3) is 0.389. The molecule has 0 unspecified atom stereocenters. The van der Waals surface area contributed by atoms with Gasteiger partial charge < -0.3 is 24.9 Å². The Kier molecular flexibility index (Phi) is 5.22. The monoisotopic (exact) mass is 360 g/mol. The molecule has 0 spiro atoms. The Morgan fingerprint density at radius 1 is 1.38 bits per heavy atom. The summed E-state index contributed by atoms with van der Waals surface area (Å²) in [6, 6.07) is 5.41. The molecule has 26 heavy (non-hydrogen) atoms. The maximum Gasteiger partial charge on any atom is 0.336 e. The maximum absolute atomic E-state index is 12.3. The van der Waals surface area contributed by atoms with E-state index in [2.05, 4.69) is 5.32 Å². The van der Waals surface area contributed by atoms with Crippen molar-refractivity contribution in [2.45, 2.75) is 18.9 Å². The highest BCUT2D eigenvalue weighted by atomic mass is 16.5. The van der Waals surface area contributed by atoms with Gasteiger partial charge in [-0.3, -0.25) is 9.59 Å². The SMILES string of the molecule is COc1ccc2c(C[C@@H](NC(=O)[C@@H]3CCOC3)C(N)=O)cc(=O)oc2c1. The molecule has 8 nitrogen and oxygen atoms in total. The number of carbonyl (C=O) groups is 2. The lowest BCUT2D eigenvalue weighted by molar-refractivity contribution is -0.129. The van der Waals surface area contributed by atoms with E-state index in [1.165, 1.54) is 13.2 Å². The summed E-state index contributed by atoms with van der Waals surface area (Å²) in [5.41, 5.74) is 5.80. The largest absolute Gasteiger partial charge is 0.497 e. The summed E-state index contributed by atoms with van der Waals surface area (Å²) < 4.78 is 15.5. The number of hydrogen-bond acceptors (Lipinski definition) is 6. The van der Waals surface area contributed by atoms with Crippen molar-refractivity contribution in [3.8, 4) is 5.75 Å². The third-order valence-corrected chi connectivity index (χ3v) is 4.42. The number of benzene rings is 1. The molecular weight excluding hydrogens is 340 g/mol. The van der Waals surface area contributed by atoms with E-state index in [-0.39, 0.29) is 18.2 Å². The van der Waals surface area contributed by atoms with Gasteiger partial charge in [0.05, 0.1) is 19.6 Å². The van der Waals surface area contributed by atoms with Crippen molar-refractivity contribution in [3.63, 3.8) is 0 Å². The van der Waals surface area contributed by atoms with E-state index in [0.29, 0.717) is 41.9 Å². The minimum absolute atomic E-state index is 0.0864. The Balaban J connectivity index is 1.87. The molecule has 0 bridgehead atoms. The number of nitrogens with two attached hydrogens (primary N) is 1. The molecule has 1 aliphatic heterocycles. The van der Waals surface area contributed by atoms with Crippen LogP contribution in [0.3, 0.4) is 0 Å². The molecule has 1 aliphatic rings. The van der Waals surface area contributed by atoms with E-state index in [4.69, 9.17) is 19.6 Å². The van der Waals surface area contributed by atoms with Crippen LogP contribution in [0.2, 0.25) is 0 Å². The first-order valence-corrected chi connectivity index (χ1v) is 8.26. The minimum Gasteiger partial charge on any atom is -0.497 e. The maximum atomic E-state index is 12.3. The summed E-state index contributed by atoms with van der Waals surface area (Å²) in [4.78, 5) is 36.0. The van der Waals surface area contributed by atoms with Crippen LogP contribution in [0.25, 0.3) is 11.0 Å². The predicted molar refractivity (Wildman–Crippen MR) is 92.8 cm³/mol. The molecule has 0 saturated carbocycles. The van der Waals surface area contributed by atoms with Gasteiger partial charge in [0, 0.05) is 30.5 Å². The molecule has 8 heteroatoms. The molecule has 1 aromatic heterocycles. The van der Waals surface area contributed by atoms with Crippen LogP contribution in [0, 0.1) is 5.92 Å². The van der Waals surface area contributed by atoms with Gasteiger partial charge in [-0.2, -0.15) is 0 Å². The molecule has 2 aromatic rings. The van der Waals surface area contributed by atoms with Gasteiger partial charge in [0.1, 0.15) is 17.4 Å². The molecule has 1 aromatic carbocycles. The average molecular weight is 360 g/mol. The van der Waals surface area contributed by atoms with E-state index in [1.807, 2.05) is 0 Å². The van der Waals surface area contributed by atoms with Gasteiger partial charge in [-0.05, 0) is 24.1 Å². The van der Waals surface area contributed by atoms with Gasteiger partial charge in [0.15, 0.2) is 0 Å². The van der Waals surface area contributed by atoms with Crippen molar-refractivity contribution in [2.24, 2.45) is 11.7 Å². The fourth-order valence-corrected chi connectivity index (χ4v) is 2.98. The Hall–Kier alpha value is -2.87. The zero-order valence-corrected chi connectivity index (χ0v) is 14.3. The van der Waals surface area contributed by atoms with E-state index in [9.17, 15) is 14.4 Å². The van der Waals surface area contributed by atoms with Gasteiger partial charge in [0.2, 0.25) is 11.8 Å². The first-order valence-electron chi connectivity index (χ1n) is 8.26. The van der Waals surface area contributed by atoms with Crippen molar-refractivity contribution in [1.82, 2.24) is 5.32 Å². The Labute approximate surface area is 149 Å². The number of amides is 2. The molecule has 138 valence electrons. The summed E-state index contributed by atoms with van der Waals surface area (Å²) in [5, 5.41) is 3.31. The zero-order valence-electron chi connectivity index (χ0n) is 14.3. The third kappa shape index (κ3) is 3.85. The van der Waals surface area contributed by atoms with E-state index < -0.39 is 17.6 Å². The number of nitrogens with one attached hydrogen (secondary N) is 1. The highest BCUT2D eigenvalue weighted by molar-refractivity contribution is 5.89. The third-order valence-electron chi connectivity index (χ3n) is 4.42. The van der Waals surface area contributed by atoms with E-state index in [1.54, 1.807) is 18.2 Å². The Morgan fingerprint density at radius 2 is 2.19 bits per heavy atom. The van der Waals surface area contributed by atoms with Crippen LogP contribution in [-0.4, -0.2) is 38.2 Å². The van der Waals surface area contributed by atoms with Gasteiger partial charge >= 0.3 is 5.63 Å². The summed E-state index contributed by atoms with van der Waals surface area (Å²) in [6.07, 6.45) is 0.693. The number of hydrogen-bond donors (Lipinski definition) is 2. The van der Waals surface area contributed by atoms with Crippen molar-refractivity contribution in [2.75, 3.05) is 20.3 Å². The zero-order chi connectivity index (χ0) is 18.7. The molecule has 1 fully saturated rings. The number of methoxy groups -OCH3 is 1. The van der Waals surface area contributed by atoms with Crippen LogP contribution in [-0.2, 0) is 20.7 Å². The van der Waals surface area contributed by atoms with Gasteiger partial charge in [-0.1, -0.05) is 0 Å². The highest BCUT2D eigenvalue weighted by Gasteiger charge is 2.28. The van der Waals surface area contributed by atoms with E-state index in [0.717, 1.165) is 0 Å². The van der Waals surface area contributed by atoms with Crippen LogP contribution in [0.4, 0.5) is 0 Å². The summed E-state index contributed by atoms with van der Waals surface area (Å²) in [5.74, 6) is -0.704. The van der Waals surface area contributed by atoms with Crippen LogP contribution >= 0.6 is 0 Å². The molecule has 2 amide bonds. The second-order valence-electron chi connectivity index (χ2n) is 6.18. The highest BCUT2D eigenvalue weighted by Crippen LogP contribution is 2.23. The second-order valence-corrected chi connectivity index (χ2v) is 6.18. The molecular formula is C18H20N2O6. The van der Waals surface area contributed by atoms with Crippen LogP contribution < -0.4 is 21.4 Å². The second kappa shape index (κ2) is 7.57. The predicted octanol–water partition coefficient (Wildman–Crippen LogP) is 0.351. The van der Waals surface area contributed by atoms with Gasteiger partial charge in [0.25, 0.3) is 0 Å². The standard InChI is InChI=1S/C18H20N2O6/c1-24-12-2-3-13-11(7-16(21)26-15(13)8-12)6-14(17(19)22)20-18(23)10-4-5-25-9-10/h2-3,7-8,10,14H,4-6,9H2,1H3,(H2,19,22)(H,20,23)/t10-,14-/m1/s1. The molecule has 2 atom stereocenters. The fourth-order valence-electron chi connectivity index (χ4n) is 2.98. The Bertz CT molecular complexity index is 885. The lowest BCUT2D eigenvalue weighted by Crippen LogP contribution is -2.48. The minimum atomic E-state index is -0.935. The van der Waals surface area contributed by atoms with Gasteiger partial charge in [-0.15, -0.1) is 0 Å². The molecule has 0 radical (unpaired) electrons. The number of rotatable bonds is 6. The average Bonchev–Trinajstić information content (AvgIpc) is 3.14. The van der Waals surface area contributed by atoms with Crippen molar-refractivity contribution in [3.05, 3.63) is 40.2 Å². The molecule has 0 aliphatic carbocycles. The number of fused-ring (bicyclic) bond motifs is 1. The topological polar surface area (TPSA) is 121 Å². The lowest BCUT2D eigenvalue weighted by Gasteiger charge is -2.18. The van der Waals surface area contributed by atoms with Crippen molar-refractivity contribution in [1.29, 1.82) is 0 Å². The summed E-state index contributed by atoms with van der Waals surface area (Å²) in [7, 11) is 1.51. The van der Waals surface area contributed by atoms with Crippen molar-refractivity contribution < 1.29 is 23.5 Å². The quantitative estimate of drug-likeness (QED) is 0.717. The number of primary amides is 1. The smallest absolute Gasteiger partial charge is 0.336 e. The Morgan fingerprint density at radius 3 is 2.85 bits per heavy atom. The summed E-state index contributed by atoms with van der Waals surface area (Å²) >= 11 is 0. The lowest BCUT2D eigenvalue weighted by atomic mass is 10.0. The summed E-state index contributed by atoms with van der Waals surface area (Å²) in [6.45, 7) is 0.848. The first-order chi connectivity index (χ1) is 12.5. The van der Waals surface area contributed by atoms with Crippen LogP contribution in [0.15, 0.2) is 33.5 Å². The van der Waals surface area contributed by atoms with Crippen LogP contribution in [0.1, 0.15) is 12.0 Å². The molecule has 1 saturated heterocycles. The molecule has 2 heterocycles. The van der Waals surface area contributed by atoms with E-state index >= 15 is 0 Å². The number of ether oxygens (including phenoxy) is 2. The number of carbonyl (C=O) groups excluding carboxylic acids is 2. The molecule has 3 N–H and O–H groups in total.